The van der Waals surface area contributed by atoms with Crippen molar-refractivity contribution in [1.29, 1.82) is 0 Å². The van der Waals surface area contributed by atoms with E-state index in [1.54, 1.807) is 18.7 Å². The van der Waals surface area contributed by atoms with E-state index in [4.69, 9.17) is 27.9 Å². The smallest absolute Gasteiger partial charge is 0.343 e. The van der Waals surface area contributed by atoms with Gasteiger partial charge in [-0.3, -0.25) is 4.99 Å². The lowest BCUT2D eigenvalue weighted by Crippen LogP contribution is -2.13. The van der Waals surface area contributed by atoms with E-state index in [1.807, 2.05) is 37.3 Å². The van der Waals surface area contributed by atoms with Crippen molar-refractivity contribution < 1.29 is 19.0 Å². The van der Waals surface area contributed by atoms with Gasteiger partial charge in [-0.1, -0.05) is 41.4 Å². The van der Waals surface area contributed by atoms with Gasteiger partial charge in [-0.25, -0.2) is 14.2 Å². The lowest BCUT2D eigenvalue weighted by atomic mass is 10.1. The number of carbonyl (C=O) groups is 1. The Kier molecular flexibility index (Phi) is 8.95. The minimum atomic E-state index is -0.884. The lowest BCUT2D eigenvalue weighted by molar-refractivity contribution is -0.137. The predicted molar refractivity (Wildman–Crippen MR) is 116 cm³/mol. The maximum Gasteiger partial charge on any atom is 0.343 e. The molecule has 1 heterocycles. The van der Waals surface area contributed by atoms with Crippen molar-refractivity contribution in [2.45, 2.75) is 24.8 Å². The fraction of sp³-hybridized carbons (Fsp3) is 0.250. The van der Waals surface area contributed by atoms with Gasteiger partial charge in [0.15, 0.2) is 11.0 Å². The van der Waals surface area contributed by atoms with Gasteiger partial charge in [-0.15, -0.1) is 11.8 Å². The summed E-state index contributed by atoms with van der Waals surface area (Å²) in [5, 5.41) is 9.85. The first-order valence-corrected chi connectivity index (χ1v) is 10.4. The molecule has 0 bridgehead atoms. The van der Waals surface area contributed by atoms with E-state index < -0.39 is 22.7 Å². The third-order valence-corrected chi connectivity index (χ3v) is 5.39. The maximum atomic E-state index is 13.8. The molecule has 0 saturated carbocycles. The summed E-state index contributed by atoms with van der Waals surface area (Å²) >= 11 is 13.1. The van der Waals surface area contributed by atoms with Crippen molar-refractivity contribution >= 4 is 52.9 Å². The third kappa shape index (κ3) is 6.73. The van der Waals surface area contributed by atoms with Crippen molar-refractivity contribution in [1.82, 2.24) is 4.98 Å². The van der Waals surface area contributed by atoms with Gasteiger partial charge >= 0.3 is 5.97 Å². The summed E-state index contributed by atoms with van der Waals surface area (Å²) in [6.07, 6.45) is 1.20. The van der Waals surface area contributed by atoms with E-state index in [2.05, 4.69) is 9.98 Å². The minimum Gasteiger partial charge on any atom is -0.506 e. The number of aliphatic hydroxyl groups is 1. The topological polar surface area (TPSA) is 71.8 Å². The molecular formula is C20H19Cl2FN2O3S. The molecule has 29 heavy (non-hydrogen) atoms. The second-order valence-electron chi connectivity index (χ2n) is 5.83. The fourth-order valence-corrected chi connectivity index (χ4v) is 3.43. The number of nitrogens with zero attached hydrogens (tertiary/aromatic N) is 2. The number of aliphatic imine (C=N–C) groups is 1. The standard InChI is InChI=1S/C20H19Cl2FN2O3S/c1-3-28-20(27)15(17(26)14-9-16(23)19(22)25-18(14)21)10-24-12(2)11-29-13-7-5-4-6-8-13/h4-10,12,26H,3,11H2,1-2H3. The van der Waals surface area contributed by atoms with Crippen LogP contribution < -0.4 is 0 Å². The van der Waals surface area contributed by atoms with E-state index in [0.717, 1.165) is 11.0 Å². The van der Waals surface area contributed by atoms with E-state index in [0.29, 0.717) is 5.75 Å². The van der Waals surface area contributed by atoms with Gasteiger partial charge < -0.3 is 9.84 Å². The number of hydrogen-bond donors (Lipinski definition) is 1. The van der Waals surface area contributed by atoms with Gasteiger partial charge in [-0.2, -0.15) is 0 Å². The van der Waals surface area contributed by atoms with Crippen molar-refractivity contribution in [3.63, 3.8) is 0 Å². The molecule has 0 saturated heterocycles. The van der Waals surface area contributed by atoms with Gasteiger partial charge in [0.2, 0.25) is 0 Å². The summed E-state index contributed by atoms with van der Waals surface area (Å²) in [4.78, 5) is 21.3. The Morgan fingerprint density at radius 1 is 1.34 bits per heavy atom. The molecule has 0 amide bonds. The highest BCUT2D eigenvalue weighted by molar-refractivity contribution is 7.99. The number of ether oxygens (including phenoxy) is 1. The zero-order valence-electron chi connectivity index (χ0n) is 15.7. The molecule has 1 N–H and O–H groups in total. The number of benzene rings is 1. The summed E-state index contributed by atoms with van der Waals surface area (Å²) < 4.78 is 18.7. The monoisotopic (exact) mass is 456 g/mol. The highest BCUT2D eigenvalue weighted by Gasteiger charge is 2.21. The summed E-state index contributed by atoms with van der Waals surface area (Å²) in [5.41, 5.74) is -0.441. The van der Waals surface area contributed by atoms with Gasteiger partial charge in [0, 0.05) is 16.9 Å². The molecule has 9 heteroatoms. The Hall–Kier alpha value is -2.09. The van der Waals surface area contributed by atoms with Crippen LogP contribution in [0.2, 0.25) is 10.3 Å². The van der Waals surface area contributed by atoms with E-state index in [9.17, 15) is 14.3 Å². The first kappa shape index (κ1) is 23.2. The third-order valence-electron chi connectivity index (χ3n) is 3.58. The number of esters is 1. The Morgan fingerprint density at radius 2 is 2.03 bits per heavy atom. The SMILES string of the molecule is CCOC(=O)C(C=NC(C)CSc1ccccc1)=C(O)c1cc(F)c(Cl)nc1Cl. The van der Waals surface area contributed by atoms with Crippen LogP contribution in [0.3, 0.4) is 0 Å². The van der Waals surface area contributed by atoms with Crippen molar-refractivity contribution in [3.05, 3.63) is 63.7 Å². The number of pyridine rings is 1. The summed E-state index contributed by atoms with van der Waals surface area (Å²) in [6, 6.07) is 10.5. The van der Waals surface area contributed by atoms with Crippen molar-refractivity contribution in [2.75, 3.05) is 12.4 Å². The summed E-state index contributed by atoms with van der Waals surface area (Å²) in [7, 11) is 0. The fourth-order valence-electron chi connectivity index (χ4n) is 2.15. The molecule has 1 aromatic heterocycles. The molecule has 0 spiro atoms. The number of rotatable bonds is 8. The molecular weight excluding hydrogens is 438 g/mol. The van der Waals surface area contributed by atoms with Gasteiger partial charge in [0.05, 0.1) is 18.2 Å². The van der Waals surface area contributed by atoms with Crippen LogP contribution in [-0.4, -0.2) is 40.7 Å². The Morgan fingerprint density at radius 3 is 2.69 bits per heavy atom. The van der Waals surface area contributed by atoms with Crippen LogP contribution in [0.4, 0.5) is 4.39 Å². The molecule has 154 valence electrons. The molecule has 0 fully saturated rings. The quantitative estimate of drug-likeness (QED) is 0.139. The van der Waals surface area contributed by atoms with E-state index in [1.165, 1.54) is 6.21 Å². The predicted octanol–water partition coefficient (Wildman–Crippen LogP) is 5.61. The molecule has 2 rings (SSSR count). The highest BCUT2D eigenvalue weighted by atomic mass is 35.5. The number of carbonyl (C=O) groups excluding carboxylic acids is 1. The van der Waals surface area contributed by atoms with Crippen molar-refractivity contribution in [2.24, 2.45) is 4.99 Å². The molecule has 2 aromatic rings. The molecule has 0 aliphatic rings. The van der Waals surface area contributed by atoms with Gasteiger partial charge in [0.25, 0.3) is 0 Å². The van der Waals surface area contributed by atoms with Crippen LogP contribution in [0.1, 0.15) is 19.4 Å². The average molecular weight is 457 g/mol. The van der Waals surface area contributed by atoms with Gasteiger partial charge in [0.1, 0.15) is 16.5 Å². The number of thioether (sulfide) groups is 1. The highest BCUT2D eigenvalue weighted by Crippen LogP contribution is 2.27. The van der Waals surface area contributed by atoms with Crippen molar-refractivity contribution in [3.8, 4) is 0 Å². The Labute approximate surface area is 182 Å². The van der Waals surface area contributed by atoms with Crippen LogP contribution in [0.5, 0.6) is 0 Å². The first-order chi connectivity index (χ1) is 13.8. The molecule has 0 aliphatic heterocycles. The summed E-state index contributed by atoms with van der Waals surface area (Å²) in [6.45, 7) is 3.58. The maximum absolute atomic E-state index is 13.8. The van der Waals surface area contributed by atoms with E-state index >= 15 is 0 Å². The molecule has 1 aromatic carbocycles. The second-order valence-corrected chi connectivity index (χ2v) is 7.64. The number of aliphatic hydroxyl groups excluding tert-OH is 1. The van der Waals surface area contributed by atoms with Crippen LogP contribution >= 0.6 is 35.0 Å². The Balaban J connectivity index is 2.27. The molecule has 0 aliphatic carbocycles. The molecule has 1 unspecified atom stereocenters. The van der Waals surface area contributed by atoms with Gasteiger partial charge in [-0.05, 0) is 32.0 Å². The molecule has 5 nitrogen and oxygen atoms in total. The Bertz CT molecular complexity index is 923. The lowest BCUT2D eigenvalue weighted by Gasteiger charge is -2.10. The number of halogens is 3. The average Bonchev–Trinajstić information content (AvgIpc) is 2.70. The number of hydrogen-bond acceptors (Lipinski definition) is 6. The van der Waals surface area contributed by atoms with Crippen LogP contribution in [0, 0.1) is 5.82 Å². The molecule has 1 atom stereocenters. The minimum absolute atomic E-state index is 0.0871. The molecule has 0 radical (unpaired) electrons. The van der Waals surface area contributed by atoms with Crippen LogP contribution in [-0.2, 0) is 9.53 Å². The first-order valence-electron chi connectivity index (χ1n) is 8.66. The summed E-state index contributed by atoms with van der Waals surface area (Å²) in [5.74, 6) is -1.65. The van der Waals surface area contributed by atoms with Crippen LogP contribution in [0.15, 0.2) is 51.9 Å². The zero-order chi connectivity index (χ0) is 21.4. The van der Waals surface area contributed by atoms with E-state index in [-0.39, 0.29) is 28.9 Å². The number of aromatic nitrogens is 1. The van der Waals surface area contributed by atoms with Crippen LogP contribution in [0.25, 0.3) is 5.76 Å². The second kappa shape index (κ2) is 11.2. The zero-order valence-corrected chi connectivity index (χ0v) is 18.1. The normalized spacial score (nSPS) is 13.3. The largest absolute Gasteiger partial charge is 0.506 e.